The highest BCUT2D eigenvalue weighted by Gasteiger charge is 2.52. The second-order valence-corrected chi connectivity index (χ2v) is 8.24. The summed E-state index contributed by atoms with van der Waals surface area (Å²) in [5, 5.41) is 0. The number of hydrogen-bond donors (Lipinski definition) is 1. The molecule has 8 heteroatoms. The molecule has 174 valence electrons. The van der Waals surface area contributed by atoms with Crippen LogP contribution in [0.25, 0.3) is 0 Å². The van der Waals surface area contributed by atoms with Crippen LogP contribution in [0.3, 0.4) is 0 Å². The number of likely N-dealkylation sites (tertiary alicyclic amines) is 1. The molecule has 2 saturated heterocycles. The van der Waals surface area contributed by atoms with Crippen LogP contribution in [0, 0.1) is 5.92 Å². The number of hydrogen-bond acceptors (Lipinski definition) is 6. The first-order valence-electron chi connectivity index (χ1n) is 11.1. The van der Waals surface area contributed by atoms with Crippen LogP contribution in [0.4, 0.5) is 0 Å². The lowest BCUT2D eigenvalue weighted by Gasteiger charge is -2.31. The van der Waals surface area contributed by atoms with Gasteiger partial charge >= 0.3 is 0 Å². The van der Waals surface area contributed by atoms with Crippen LogP contribution in [0.2, 0.25) is 0 Å². The Bertz CT molecular complexity index is 1020. The summed E-state index contributed by atoms with van der Waals surface area (Å²) in [5.41, 5.74) is 0.985. The summed E-state index contributed by atoms with van der Waals surface area (Å²) in [7, 11) is 3.07. The van der Waals surface area contributed by atoms with E-state index in [9.17, 15) is 14.4 Å². The quantitative estimate of drug-likeness (QED) is 0.357. The first-order valence-corrected chi connectivity index (χ1v) is 11.1. The Labute approximate surface area is 193 Å². The first-order chi connectivity index (χ1) is 16.0. The largest absolute Gasteiger partial charge is 0.497 e. The summed E-state index contributed by atoms with van der Waals surface area (Å²) in [6.45, 7) is 4.04. The molecule has 2 atom stereocenters. The molecular weight excluding hydrogens is 424 g/mol. The lowest BCUT2D eigenvalue weighted by molar-refractivity contribution is -0.907. The summed E-state index contributed by atoms with van der Waals surface area (Å²) in [6, 6.07) is 13.1. The van der Waals surface area contributed by atoms with Gasteiger partial charge in [0.2, 0.25) is 5.78 Å². The highest BCUT2D eigenvalue weighted by Crippen LogP contribution is 2.42. The molecule has 2 unspecified atom stereocenters. The molecule has 0 aromatic heterocycles. The number of ether oxygens (including phenoxy) is 3. The zero-order valence-electron chi connectivity index (χ0n) is 18.9. The predicted octanol–water partition coefficient (Wildman–Crippen LogP) is 0.570. The van der Waals surface area contributed by atoms with Crippen LogP contribution >= 0.6 is 0 Å². The topological polar surface area (TPSA) is 86.6 Å². The summed E-state index contributed by atoms with van der Waals surface area (Å²) < 4.78 is 16.4. The smallest absolute Gasteiger partial charge is 0.291 e. The number of rotatable bonds is 8. The Balaban J connectivity index is 1.74. The van der Waals surface area contributed by atoms with E-state index in [-0.39, 0.29) is 5.78 Å². The Morgan fingerprint density at radius 1 is 1.06 bits per heavy atom. The average Bonchev–Trinajstić information content (AvgIpc) is 3.12. The first kappa shape index (κ1) is 22.9. The second-order valence-electron chi connectivity index (χ2n) is 8.24. The van der Waals surface area contributed by atoms with Crippen molar-refractivity contribution in [3.05, 3.63) is 59.7 Å². The number of nitrogens with zero attached hydrogens (tertiary/aromatic N) is 1. The van der Waals surface area contributed by atoms with Crippen LogP contribution in [0.15, 0.2) is 48.5 Å². The summed E-state index contributed by atoms with van der Waals surface area (Å²) in [6.07, 6.45) is 0. The van der Waals surface area contributed by atoms with Crippen molar-refractivity contribution in [1.29, 1.82) is 0 Å². The molecule has 0 radical (unpaired) electrons. The number of ketones is 2. The predicted molar refractivity (Wildman–Crippen MR) is 120 cm³/mol. The van der Waals surface area contributed by atoms with E-state index in [0.717, 1.165) is 13.1 Å². The zero-order valence-corrected chi connectivity index (χ0v) is 18.9. The molecule has 0 bridgehead atoms. The molecule has 2 aromatic carbocycles. The lowest BCUT2D eigenvalue weighted by atomic mass is 9.86. The molecule has 1 N–H and O–H groups in total. The minimum atomic E-state index is -1.15. The van der Waals surface area contributed by atoms with E-state index in [0.29, 0.717) is 48.9 Å². The molecule has 0 saturated carbocycles. The van der Waals surface area contributed by atoms with E-state index in [2.05, 4.69) is 0 Å². The summed E-state index contributed by atoms with van der Waals surface area (Å²) >= 11 is 0. The number of morpholine rings is 1. The molecule has 2 fully saturated rings. The van der Waals surface area contributed by atoms with E-state index in [1.54, 1.807) is 55.6 Å². The highest BCUT2D eigenvalue weighted by molar-refractivity contribution is 6.44. The standard InChI is InChI=1S/C25H28N2O6/c1-31-18-8-9-20(32-2)19(16-18)22-21(23(28)17-6-4-3-5-7-17)24(29)25(30)27(22)11-10-26-12-14-33-15-13-26/h3-9,16,21-22H,10-15H2,1-2H3/p+1. The Hall–Kier alpha value is -3.23. The van der Waals surface area contributed by atoms with Gasteiger partial charge in [-0.1, -0.05) is 30.3 Å². The minimum Gasteiger partial charge on any atom is -0.497 e. The third kappa shape index (κ3) is 4.62. The van der Waals surface area contributed by atoms with Crippen LogP contribution in [0.5, 0.6) is 11.5 Å². The van der Waals surface area contributed by atoms with Gasteiger partial charge in [0.15, 0.2) is 5.78 Å². The molecule has 1 amide bonds. The number of Topliss-reactive ketones (excluding diaryl/α,β-unsaturated/α-hetero) is 2. The second kappa shape index (κ2) is 10.1. The van der Waals surface area contributed by atoms with Gasteiger partial charge in [-0.25, -0.2) is 0 Å². The van der Waals surface area contributed by atoms with Gasteiger partial charge in [0.05, 0.1) is 46.6 Å². The van der Waals surface area contributed by atoms with Crippen LogP contribution in [-0.2, 0) is 14.3 Å². The van der Waals surface area contributed by atoms with Crippen molar-refractivity contribution in [2.24, 2.45) is 5.92 Å². The van der Waals surface area contributed by atoms with Crippen molar-refractivity contribution in [3.63, 3.8) is 0 Å². The van der Waals surface area contributed by atoms with Gasteiger partial charge in [-0.3, -0.25) is 14.4 Å². The van der Waals surface area contributed by atoms with Crippen molar-refractivity contribution in [2.45, 2.75) is 6.04 Å². The van der Waals surface area contributed by atoms with E-state index < -0.39 is 23.7 Å². The lowest BCUT2D eigenvalue weighted by Crippen LogP contribution is -3.14. The maximum absolute atomic E-state index is 13.5. The number of amides is 1. The van der Waals surface area contributed by atoms with Crippen LogP contribution in [-0.4, -0.2) is 76.0 Å². The summed E-state index contributed by atoms with van der Waals surface area (Å²) in [4.78, 5) is 42.7. The molecule has 2 aliphatic heterocycles. The van der Waals surface area contributed by atoms with Crippen molar-refractivity contribution in [1.82, 2.24) is 4.90 Å². The molecule has 2 aliphatic rings. The third-order valence-corrected chi connectivity index (χ3v) is 6.41. The van der Waals surface area contributed by atoms with E-state index >= 15 is 0 Å². The number of benzene rings is 2. The fourth-order valence-corrected chi connectivity index (χ4v) is 4.62. The molecule has 4 rings (SSSR count). The molecule has 0 spiro atoms. The highest BCUT2D eigenvalue weighted by atomic mass is 16.5. The average molecular weight is 454 g/mol. The van der Waals surface area contributed by atoms with E-state index in [1.165, 1.54) is 16.9 Å². The molecule has 0 aliphatic carbocycles. The van der Waals surface area contributed by atoms with Crippen molar-refractivity contribution >= 4 is 17.5 Å². The molecular formula is C25H29N2O6+. The monoisotopic (exact) mass is 453 g/mol. The number of nitrogens with one attached hydrogen (secondary N) is 1. The van der Waals surface area contributed by atoms with Gasteiger partial charge in [0, 0.05) is 11.1 Å². The minimum absolute atomic E-state index is 0.351. The van der Waals surface area contributed by atoms with Crippen LogP contribution in [0.1, 0.15) is 22.0 Å². The van der Waals surface area contributed by atoms with Gasteiger partial charge in [-0.2, -0.15) is 0 Å². The molecule has 33 heavy (non-hydrogen) atoms. The fraction of sp³-hybridized carbons (Fsp3) is 0.400. The number of carbonyl (C=O) groups is 3. The van der Waals surface area contributed by atoms with Gasteiger partial charge in [-0.15, -0.1) is 0 Å². The van der Waals surface area contributed by atoms with Gasteiger partial charge < -0.3 is 24.0 Å². The zero-order chi connectivity index (χ0) is 23.4. The van der Waals surface area contributed by atoms with Crippen LogP contribution < -0.4 is 14.4 Å². The number of carbonyl (C=O) groups excluding carboxylic acids is 3. The Morgan fingerprint density at radius 2 is 1.79 bits per heavy atom. The SMILES string of the molecule is COc1ccc(OC)c(C2C(C(=O)c3ccccc3)C(=O)C(=O)N2CC[NH+]2CCOCC2)c1. The molecule has 2 aromatic rings. The van der Waals surface area contributed by atoms with Crippen molar-refractivity contribution in [3.8, 4) is 11.5 Å². The normalized spacial score (nSPS) is 21.3. The summed E-state index contributed by atoms with van der Waals surface area (Å²) in [5.74, 6) is -1.78. The van der Waals surface area contributed by atoms with E-state index in [1.807, 2.05) is 0 Å². The third-order valence-electron chi connectivity index (χ3n) is 6.41. The van der Waals surface area contributed by atoms with Gasteiger partial charge in [0.1, 0.15) is 30.5 Å². The maximum atomic E-state index is 13.5. The van der Waals surface area contributed by atoms with E-state index in [4.69, 9.17) is 14.2 Å². The van der Waals surface area contributed by atoms with Gasteiger partial charge in [0.25, 0.3) is 5.91 Å². The maximum Gasteiger partial charge on any atom is 0.291 e. The van der Waals surface area contributed by atoms with Crippen molar-refractivity contribution < 1.29 is 33.5 Å². The number of methoxy groups -OCH3 is 2. The van der Waals surface area contributed by atoms with Crippen molar-refractivity contribution in [2.75, 3.05) is 53.6 Å². The Kier molecular flexibility index (Phi) is 7.05. The number of quaternary nitrogens is 1. The molecule has 8 nitrogen and oxygen atoms in total. The molecule has 2 heterocycles. The van der Waals surface area contributed by atoms with Gasteiger partial charge in [-0.05, 0) is 18.2 Å². The Morgan fingerprint density at radius 3 is 2.45 bits per heavy atom. The fourth-order valence-electron chi connectivity index (χ4n) is 4.62.